The van der Waals surface area contributed by atoms with E-state index < -0.39 is 45.7 Å². The topological polar surface area (TPSA) is 122 Å². The molecule has 0 saturated heterocycles. The van der Waals surface area contributed by atoms with Gasteiger partial charge in [0.05, 0.1) is 30.0 Å². The van der Waals surface area contributed by atoms with Gasteiger partial charge >= 0.3 is 17.9 Å². The first-order chi connectivity index (χ1) is 13.5. The van der Waals surface area contributed by atoms with Crippen LogP contribution in [0.15, 0.2) is 24.3 Å². The summed E-state index contributed by atoms with van der Waals surface area (Å²) in [5.41, 5.74) is -2.48. The van der Waals surface area contributed by atoms with Gasteiger partial charge in [-0.2, -0.15) is 0 Å². The molecule has 0 amide bonds. The minimum atomic E-state index is -1.67. The van der Waals surface area contributed by atoms with Gasteiger partial charge in [0, 0.05) is 12.1 Å². The molecule has 0 heterocycles. The summed E-state index contributed by atoms with van der Waals surface area (Å²) in [6.45, 7) is 8.34. The normalized spacial score (nSPS) is 23.1. The zero-order valence-corrected chi connectivity index (χ0v) is 17.1. The number of nitro benzene ring substituents is 1. The number of nitro groups is 1. The van der Waals surface area contributed by atoms with Crippen molar-refractivity contribution >= 4 is 23.6 Å². The summed E-state index contributed by atoms with van der Waals surface area (Å²) in [6.07, 6.45) is 0. The monoisotopic (exact) mass is 407 g/mol. The minimum Gasteiger partial charge on any atom is -0.466 e. The molecule has 2 unspecified atom stereocenters. The van der Waals surface area contributed by atoms with Gasteiger partial charge in [-0.1, -0.05) is 12.1 Å². The maximum absolute atomic E-state index is 13.2. The zero-order chi connectivity index (χ0) is 22.0. The van der Waals surface area contributed by atoms with Gasteiger partial charge in [-0.25, -0.2) is 0 Å². The van der Waals surface area contributed by atoms with Crippen molar-refractivity contribution in [2.24, 2.45) is 11.8 Å². The lowest BCUT2D eigenvalue weighted by Gasteiger charge is -2.25. The van der Waals surface area contributed by atoms with Crippen molar-refractivity contribution < 1.29 is 33.5 Å². The number of non-ortho nitro benzene ring substituents is 1. The number of esters is 3. The second-order valence-electron chi connectivity index (χ2n) is 7.63. The Bertz CT molecular complexity index is 785. The second kappa shape index (κ2) is 8.18. The molecule has 0 bridgehead atoms. The molecule has 2 atom stereocenters. The van der Waals surface area contributed by atoms with Crippen molar-refractivity contribution in [2.45, 2.75) is 45.6 Å². The van der Waals surface area contributed by atoms with Crippen LogP contribution in [-0.2, 0) is 34.0 Å². The lowest BCUT2D eigenvalue weighted by molar-refractivity contribution is -0.384. The van der Waals surface area contributed by atoms with E-state index in [2.05, 4.69) is 0 Å². The third-order valence-corrected chi connectivity index (χ3v) is 4.58. The van der Waals surface area contributed by atoms with Gasteiger partial charge in [0.15, 0.2) is 0 Å². The number of nitrogens with zero attached hydrogens (tertiary/aromatic N) is 1. The van der Waals surface area contributed by atoms with E-state index in [0.717, 1.165) is 0 Å². The van der Waals surface area contributed by atoms with Crippen LogP contribution in [0.2, 0.25) is 0 Å². The summed E-state index contributed by atoms with van der Waals surface area (Å²) < 4.78 is 15.7. The predicted octanol–water partition coefficient (Wildman–Crippen LogP) is 2.55. The van der Waals surface area contributed by atoms with Crippen LogP contribution >= 0.6 is 0 Å². The Hall–Kier alpha value is -2.97. The van der Waals surface area contributed by atoms with E-state index >= 15 is 0 Å². The highest BCUT2D eigenvalue weighted by Gasteiger charge is 2.79. The van der Waals surface area contributed by atoms with E-state index in [4.69, 9.17) is 14.2 Å². The summed E-state index contributed by atoms with van der Waals surface area (Å²) >= 11 is 0. The van der Waals surface area contributed by atoms with Gasteiger partial charge < -0.3 is 14.2 Å². The Labute approximate surface area is 168 Å². The van der Waals surface area contributed by atoms with Gasteiger partial charge in [0.1, 0.15) is 11.0 Å². The average molecular weight is 407 g/mol. The molecule has 9 heteroatoms. The predicted molar refractivity (Wildman–Crippen MR) is 101 cm³/mol. The molecule has 1 aliphatic carbocycles. The van der Waals surface area contributed by atoms with Gasteiger partial charge in [-0.3, -0.25) is 24.5 Å². The first kappa shape index (κ1) is 22.3. The van der Waals surface area contributed by atoms with E-state index in [1.54, 1.807) is 34.6 Å². The fourth-order valence-electron chi connectivity index (χ4n) is 3.45. The highest BCUT2D eigenvalue weighted by atomic mass is 16.6. The van der Waals surface area contributed by atoms with Crippen LogP contribution in [0.1, 0.15) is 40.2 Å². The number of carbonyl (C=O) groups is 3. The van der Waals surface area contributed by atoms with E-state index in [9.17, 15) is 24.5 Å². The molecule has 1 fully saturated rings. The standard InChI is InChI=1S/C20H25NO8/c1-6-27-16(22)14-15(17(23)28-7-2)20(14,18(24)29-19(3,4)5)12-8-10-13(11-9-12)21(25)26/h8-11,14-15H,6-7H2,1-5H3. The average Bonchev–Trinajstić information content (AvgIpc) is 3.32. The molecule has 158 valence electrons. The largest absolute Gasteiger partial charge is 0.466 e. The molecule has 0 aliphatic heterocycles. The summed E-state index contributed by atoms with van der Waals surface area (Å²) in [5.74, 6) is -4.52. The highest BCUT2D eigenvalue weighted by Crippen LogP contribution is 2.62. The van der Waals surface area contributed by atoms with Crippen molar-refractivity contribution in [2.75, 3.05) is 13.2 Å². The summed E-state index contributed by atoms with van der Waals surface area (Å²) in [5, 5.41) is 11.0. The third-order valence-electron chi connectivity index (χ3n) is 4.58. The van der Waals surface area contributed by atoms with Crippen LogP contribution < -0.4 is 0 Å². The molecule has 29 heavy (non-hydrogen) atoms. The fraction of sp³-hybridized carbons (Fsp3) is 0.550. The number of hydrogen-bond acceptors (Lipinski definition) is 8. The van der Waals surface area contributed by atoms with Crippen molar-refractivity contribution in [1.29, 1.82) is 0 Å². The summed E-state index contributed by atoms with van der Waals surface area (Å²) in [6, 6.07) is 5.13. The molecule has 0 radical (unpaired) electrons. The first-order valence-corrected chi connectivity index (χ1v) is 9.32. The number of carbonyl (C=O) groups excluding carboxylic acids is 3. The quantitative estimate of drug-likeness (QED) is 0.292. The highest BCUT2D eigenvalue weighted by molar-refractivity contribution is 6.05. The summed E-state index contributed by atoms with van der Waals surface area (Å²) in [4.78, 5) is 48.9. The van der Waals surface area contributed by atoms with Gasteiger partial charge in [0.2, 0.25) is 0 Å². The van der Waals surface area contributed by atoms with Crippen LogP contribution in [-0.4, -0.2) is 41.6 Å². The minimum absolute atomic E-state index is 0.0650. The SMILES string of the molecule is CCOC(=O)C1C(C(=O)OCC)C1(C(=O)OC(C)(C)C)c1ccc([N+](=O)[O-])cc1. The van der Waals surface area contributed by atoms with Crippen molar-refractivity contribution in [3.05, 3.63) is 39.9 Å². The first-order valence-electron chi connectivity index (χ1n) is 9.32. The Balaban J connectivity index is 2.61. The Morgan fingerprint density at radius 2 is 1.45 bits per heavy atom. The lowest BCUT2D eigenvalue weighted by atomic mass is 9.90. The fourth-order valence-corrected chi connectivity index (χ4v) is 3.45. The zero-order valence-electron chi connectivity index (χ0n) is 17.1. The molecular weight excluding hydrogens is 382 g/mol. The van der Waals surface area contributed by atoms with E-state index in [-0.39, 0.29) is 24.5 Å². The second-order valence-corrected chi connectivity index (χ2v) is 7.63. The molecule has 0 N–H and O–H groups in total. The van der Waals surface area contributed by atoms with Gasteiger partial charge in [-0.15, -0.1) is 0 Å². The molecular formula is C20H25NO8. The molecule has 1 aliphatic rings. The Morgan fingerprint density at radius 1 is 1.00 bits per heavy atom. The van der Waals surface area contributed by atoms with Gasteiger partial charge in [-0.05, 0) is 40.2 Å². The van der Waals surface area contributed by atoms with Crippen LogP contribution in [0.3, 0.4) is 0 Å². The lowest BCUT2D eigenvalue weighted by Crippen LogP contribution is -2.36. The van der Waals surface area contributed by atoms with Crippen molar-refractivity contribution in [3.63, 3.8) is 0 Å². The third kappa shape index (κ3) is 4.23. The number of ether oxygens (including phenoxy) is 3. The maximum atomic E-state index is 13.2. The van der Waals surface area contributed by atoms with Crippen molar-refractivity contribution in [1.82, 2.24) is 0 Å². The molecule has 1 aromatic carbocycles. The van der Waals surface area contributed by atoms with Crippen LogP contribution in [0, 0.1) is 22.0 Å². The number of hydrogen-bond donors (Lipinski definition) is 0. The van der Waals surface area contributed by atoms with E-state index in [1.165, 1.54) is 24.3 Å². The molecule has 2 rings (SSSR count). The number of rotatable bonds is 7. The van der Waals surface area contributed by atoms with Gasteiger partial charge in [0.25, 0.3) is 5.69 Å². The Kier molecular flexibility index (Phi) is 6.30. The summed E-state index contributed by atoms with van der Waals surface area (Å²) in [7, 11) is 0. The molecule has 9 nitrogen and oxygen atoms in total. The Morgan fingerprint density at radius 3 is 1.79 bits per heavy atom. The van der Waals surface area contributed by atoms with E-state index in [0.29, 0.717) is 0 Å². The van der Waals surface area contributed by atoms with E-state index in [1.807, 2.05) is 0 Å². The number of benzene rings is 1. The van der Waals surface area contributed by atoms with Crippen molar-refractivity contribution in [3.8, 4) is 0 Å². The molecule has 0 aromatic heterocycles. The smallest absolute Gasteiger partial charge is 0.318 e. The molecule has 1 saturated carbocycles. The molecule has 1 aromatic rings. The van der Waals surface area contributed by atoms with Crippen LogP contribution in [0.5, 0.6) is 0 Å². The van der Waals surface area contributed by atoms with Crippen LogP contribution in [0.4, 0.5) is 5.69 Å². The maximum Gasteiger partial charge on any atom is 0.318 e. The van der Waals surface area contributed by atoms with Crippen LogP contribution in [0.25, 0.3) is 0 Å². The molecule has 0 spiro atoms.